The van der Waals surface area contributed by atoms with Gasteiger partial charge < -0.3 is 10.3 Å². The van der Waals surface area contributed by atoms with Crippen LogP contribution in [0.15, 0.2) is 35.1 Å². The Bertz CT molecular complexity index is 911. The first-order valence-corrected chi connectivity index (χ1v) is 8.78. The maximum absolute atomic E-state index is 11.6. The van der Waals surface area contributed by atoms with E-state index in [1.807, 2.05) is 31.2 Å². The molecule has 122 valence electrons. The minimum Gasteiger partial charge on any atom is -0.330 e. The Hall–Kier alpha value is -2.54. The summed E-state index contributed by atoms with van der Waals surface area (Å²) in [5, 5.41) is 13.7. The summed E-state index contributed by atoms with van der Waals surface area (Å²) in [6, 6.07) is 9.22. The van der Waals surface area contributed by atoms with Crippen molar-refractivity contribution in [3.63, 3.8) is 0 Å². The summed E-state index contributed by atoms with van der Waals surface area (Å²) in [5.41, 5.74) is 2.37. The van der Waals surface area contributed by atoms with Crippen molar-refractivity contribution in [1.82, 2.24) is 20.2 Å². The van der Waals surface area contributed by atoms with Crippen LogP contribution in [0.1, 0.15) is 35.9 Å². The molecule has 1 aliphatic rings. The third-order valence-corrected chi connectivity index (χ3v) is 5.18. The van der Waals surface area contributed by atoms with E-state index in [1.165, 1.54) is 25.3 Å². The molecular weight excluding hydrogens is 322 g/mol. The van der Waals surface area contributed by atoms with Gasteiger partial charge in [0.1, 0.15) is 10.8 Å². The fourth-order valence-corrected chi connectivity index (χ4v) is 3.59. The topological polar surface area (TPSA) is 83.6 Å². The normalized spacial score (nSPS) is 14.4. The van der Waals surface area contributed by atoms with Crippen molar-refractivity contribution in [3.8, 4) is 11.4 Å². The van der Waals surface area contributed by atoms with Gasteiger partial charge in [-0.2, -0.15) is 0 Å². The average Bonchev–Trinajstić information content (AvgIpc) is 2.93. The first-order valence-electron chi connectivity index (χ1n) is 7.96. The average molecular weight is 339 g/mol. The second kappa shape index (κ2) is 6.16. The Kier molecular flexibility index (Phi) is 3.86. The summed E-state index contributed by atoms with van der Waals surface area (Å²) in [6.45, 7) is 1.81. The van der Waals surface area contributed by atoms with Crippen molar-refractivity contribution in [2.24, 2.45) is 0 Å². The second-order valence-electron chi connectivity index (χ2n) is 6.01. The summed E-state index contributed by atoms with van der Waals surface area (Å²) in [6.07, 6.45) is 3.75. The van der Waals surface area contributed by atoms with Gasteiger partial charge >= 0.3 is 0 Å². The SMILES string of the molecule is Cc1cc(=O)[nH]c(-c2ccc(Nc3nnc(C4CCC4)s3)cc2)n1. The number of aryl methyl sites for hydroxylation is 1. The summed E-state index contributed by atoms with van der Waals surface area (Å²) in [4.78, 5) is 18.7. The molecule has 1 aromatic carbocycles. The maximum atomic E-state index is 11.6. The zero-order valence-electron chi connectivity index (χ0n) is 13.2. The van der Waals surface area contributed by atoms with Crippen molar-refractivity contribution >= 4 is 22.2 Å². The molecule has 0 atom stereocenters. The highest BCUT2D eigenvalue weighted by Crippen LogP contribution is 2.38. The smallest absolute Gasteiger partial charge is 0.251 e. The number of benzene rings is 1. The van der Waals surface area contributed by atoms with Gasteiger partial charge in [-0.05, 0) is 44.0 Å². The van der Waals surface area contributed by atoms with Crippen LogP contribution in [0, 0.1) is 6.92 Å². The first kappa shape index (κ1) is 15.0. The van der Waals surface area contributed by atoms with Gasteiger partial charge in [-0.3, -0.25) is 4.79 Å². The molecule has 0 bridgehead atoms. The van der Waals surface area contributed by atoms with Gasteiger partial charge in [0.15, 0.2) is 0 Å². The predicted octanol–water partition coefficient (Wildman–Crippen LogP) is 3.61. The molecular formula is C17H17N5OS. The Morgan fingerprint density at radius 2 is 2.00 bits per heavy atom. The lowest BCUT2D eigenvalue weighted by molar-refractivity contribution is 0.416. The van der Waals surface area contributed by atoms with Crippen molar-refractivity contribution < 1.29 is 0 Å². The molecule has 0 radical (unpaired) electrons. The number of aromatic amines is 1. The fraction of sp³-hybridized carbons (Fsp3) is 0.294. The molecule has 7 heteroatoms. The molecule has 1 aliphatic carbocycles. The molecule has 4 rings (SSSR count). The number of nitrogens with one attached hydrogen (secondary N) is 2. The highest BCUT2D eigenvalue weighted by atomic mass is 32.1. The number of anilines is 2. The predicted molar refractivity (Wildman–Crippen MR) is 94.8 cm³/mol. The van der Waals surface area contributed by atoms with Gasteiger partial charge in [0.2, 0.25) is 5.13 Å². The molecule has 3 aromatic rings. The molecule has 1 fully saturated rings. The van der Waals surface area contributed by atoms with E-state index in [0.29, 0.717) is 17.4 Å². The van der Waals surface area contributed by atoms with E-state index in [1.54, 1.807) is 11.3 Å². The van der Waals surface area contributed by atoms with Gasteiger partial charge in [0.25, 0.3) is 5.56 Å². The number of aromatic nitrogens is 4. The number of hydrogen-bond donors (Lipinski definition) is 2. The van der Waals surface area contributed by atoms with E-state index in [4.69, 9.17) is 0 Å². The quantitative estimate of drug-likeness (QED) is 0.758. The van der Waals surface area contributed by atoms with E-state index in [0.717, 1.165) is 21.4 Å². The highest BCUT2D eigenvalue weighted by molar-refractivity contribution is 7.15. The van der Waals surface area contributed by atoms with Gasteiger partial charge in [-0.25, -0.2) is 4.98 Å². The minimum atomic E-state index is -0.142. The van der Waals surface area contributed by atoms with E-state index in [2.05, 4.69) is 25.5 Å². The van der Waals surface area contributed by atoms with Crippen LogP contribution in [0.2, 0.25) is 0 Å². The van der Waals surface area contributed by atoms with E-state index in [9.17, 15) is 4.79 Å². The Morgan fingerprint density at radius 1 is 1.21 bits per heavy atom. The van der Waals surface area contributed by atoms with Crippen LogP contribution in [0.5, 0.6) is 0 Å². The molecule has 2 heterocycles. The Labute approximate surface area is 143 Å². The Morgan fingerprint density at radius 3 is 2.67 bits per heavy atom. The largest absolute Gasteiger partial charge is 0.330 e. The lowest BCUT2D eigenvalue weighted by atomic mass is 9.86. The summed E-state index contributed by atoms with van der Waals surface area (Å²) >= 11 is 1.62. The molecule has 1 saturated carbocycles. The summed E-state index contributed by atoms with van der Waals surface area (Å²) in [5.74, 6) is 1.18. The minimum absolute atomic E-state index is 0.142. The molecule has 2 N–H and O–H groups in total. The van der Waals surface area contributed by atoms with Gasteiger partial charge in [0.05, 0.1) is 0 Å². The number of hydrogen-bond acceptors (Lipinski definition) is 6. The molecule has 0 saturated heterocycles. The third kappa shape index (κ3) is 3.07. The van der Waals surface area contributed by atoms with E-state index >= 15 is 0 Å². The standard InChI is InChI=1S/C17H17N5OS/c1-10-9-14(23)20-15(18-10)11-5-7-13(8-6-11)19-17-22-21-16(24-17)12-3-2-4-12/h5-9,12H,2-4H2,1H3,(H,19,22)(H,18,20,23). The van der Waals surface area contributed by atoms with E-state index < -0.39 is 0 Å². The fourth-order valence-electron chi connectivity index (χ4n) is 2.66. The van der Waals surface area contributed by atoms with Crippen LogP contribution in [0.3, 0.4) is 0 Å². The lowest BCUT2D eigenvalue weighted by Gasteiger charge is -2.21. The Balaban J connectivity index is 1.51. The molecule has 0 aliphatic heterocycles. The van der Waals surface area contributed by atoms with Crippen molar-refractivity contribution in [2.45, 2.75) is 32.1 Å². The van der Waals surface area contributed by atoms with Crippen molar-refractivity contribution in [2.75, 3.05) is 5.32 Å². The number of rotatable bonds is 4. The van der Waals surface area contributed by atoms with Gasteiger partial charge in [-0.15, -0.1) is 10.2 Å². The number of H-pyrrole nitrogens is 1. The van der Waals surface area contributed by atoms with E-state index in [-0.39, 0.29) is 5.56 Å². The molecule has 0 spiro atoms. The third-order valence-electron chi connectivity index (χ3n) is 4.17. The van der Waals surface area contributed by atoms with Crippen molar-refractivity contribution in [1.29, 1.82) is 0 Å². The highest BCUT2D eigenvalue weighted by Gasteiger charge is 2.23. The van der Waals surface area contributed by atoms with Crippen molar-refractivity contribution in [3.05, 3.63) is 51.4 Å². The van der Waals surface area contributed by atoms with Crippen LogP contribution in [0.4, 0.5) is 10.8 Å². The van der Waals surface area contributed by atoms with Gasteiger partial charge in [0, 0.05) is 28.9 Å². The lowest BCUT2D eigenvalue weighted by Crippen LogP contribution is -2.08. The van der Waals surface area contributed by atoms with Crippen LogP contribution in [-0.4, -0.2) is 20.2 Å². The number of nitrogens with zero attached hydrogens (tertiary/aromatic N) is 3. The summed E-state index contributed by atoms with van der Waals surface area (Å²) in [7, 11) is 0. The molecule has 6 nitrogen and oxygen atoms in total. The second-order valence-corrected chi connectivity index (χ2v) is 7.02. The zero-order chi connectivity index (χ0) is 16.5. The monoisotopic (exact) mass is 339 g/mol. The van der Waals surface area contributed by atoms with Gasteiger partial charge in [-0.1, -0.05) is 17.8 Å². The molecule has 0 unspecified atom stereocenters. The maximum Gasteiger partial charge on any atom is 0.251 e. The van der Waals surface area contributed by atoms with Crippen LogP contribution in [-0.2, 0) is 0 Å². The first-order chi connectivity index (χ1) is 11.7. The molecule has 2 aromatic heterocycles. The van der Waals surface area contributed by atoms with Crippen LogP contribution >= 0.6 is 11.3 Å². The molecule has 24 heavy (non-hydrogen) atoms. The zero-order valence-corrected chi connectivity index (χ0v) is 14.1. The summed E-state index contributed by atoms with van der Waals surface area (Å²) < 4.78 is 0. The molecule has 0 amide bonds. The van der Waals surface area contributed by atoms with Crippen LogP contribution < -0.4 is 10.9 Å². The van der Waals surface area contributed by atoms with Crippen LogP contribution in [0.25, 0.3) is 11.4 Å².